The molecule has 0 saturated carbocycles. The Morgan fingerprint density at radius 1 is 1.19 bits per heavy atom. The molecule has 0 radical (unpaired) electrons. The molecule has 0 bridgehead atoms. The Labute approximate surface area is 212 Å². The van der Waals surface area contributed by atoms with Crippen molar-refractivity contribution in [3.63, 3.8) is 0 Å². The lowest BCUT2D eigenvalue weighted by molar-refractivity contribution is -0.384. The van der Waals surface area contributed by atoms with E-state index in [9.17, 15) is 19.7 Å². The van der Waals surface area contributed by atoms with Crippen LogP contribution in [0.3, 0.4) is 0 Å². The summed E-state index contributed by atoms with van der Waals surface area (Å²) in [5.41, 5.74) is 7.10. The summed E-state index contributed by atoms with van der Waals surface area (Å²) in [6, 6.07) is 14.3. The van der Waals surface area contributed by atoms with Crippen LogP contribution in [-0.4, -0.2) is 43.5 Å². The number of nitrogens with two attached hydrogens (primary N) is 1. The lowest BCUT2D eigenvalue weighted by Crippen LogP contribution is -2.40. The second-order valence-corrected chi connectivity index (χ2v) is 8.66. The molecule has 0 spiro atoms. The number of aromatic nitrogens is 3. The van der Waals surface area contributed by atoms with E-state index in [1.165, 1.54) is 24.3 Å². The molecule has 4 rings (SSSR count). The molecule has 2 heterocycles. The van der Waals surface area contributed by atoms with E-state index in [4.69, 9.17) is 10.3 Å². The van der Waals surface area contributed by atoms with Crippen LogP contribution in [0, 0.1) is 17.0 Å². The van der Waals surface area contributed by atoms with Gasteiger partial charge in [-0.15, -0.1) is 0 Å². The van der Waals surface area contributed by atoms with E-state index in [0.29, 0.717) is 42.8 Å². The van der Waals surface area contributed by atoms with Crippen molar-refractivity contribution in [3.8, 4) is 0 Å². The molecular weight excluding hydrogens is 476 g/mol. The van der Waals surface area contributed by atoms with E-state index in [1.54, 1.807) is 16.4 Å². The van der Waals surface area contributed by atoms with Crippen molar-refractivity contribution in [2.75, 3.05) is 13.1 Å². The SMILES string of the molecule is CCC(c1nc2onc(C)c2c(=O)n1Cc1ccccc1)N(CCCN)C(=O)c1ccc([N+](=O)[O-])cc1. The first-order valence-corrected chi connectivity index (χ1v) is 12.0. The molecule has 11 nitrogen and oxygen atoms in total. The Hall–Kier alpha value is -4.38. The minimum absolute atomic E-state index is 0.110. The molecule has 0 aliphatic rings. The number of benzene rings is 2. The van der Waals surface area contributed by atoms with Gasteiger partial charge in [-0.2, -0.15) is 4.98 Å². The number of carbonyl (C=O) groups is 1. The van der Waals surface area contributed by atoms with Gasteiger partial charge in [0.15, 0.2) is 0 Å². The maximum Gasteiger partial charge on any atom is 0.269 e. The molecule has 0 fully saturated rings. The van der Waals surface area contributed by atoms with Crippen molar-refractivity contribution in [2.45, 2.75) is 39.3 Å². The van der Waals surface area contributed by atoms with Crippen LogP contribution < -0.4 is 11.3 Å². The fraction of sp³-hybridized carbons (Fsp3) is 0.308. The molecule has 0 aliphatic carbocycles. The van der Waals surface area contributed by atoms with Crippen LogP contribution in [-0.2, 0) is 6.54 Å². The van der Waals surface area contributed by atoms with Gasteiger partial charge in [-0.05, 0) is 44.0 Å². The number of amides is 1. The normalized spacial score (nSPS) is 12.0. The Bertz CT molecular complexity index is 1460. The third-order valence-corrected chi connectivity index (χ3v) is 6.23. The minimum atomic E-state index is -0.597. The highest BCUT2D eigenvalue weighted by molar-refractivity contribution is 5.94. The molecule has 0 aliphatic heterocycles. The number of nitro groups is 1. The molecule has 1 atom stereocenters. The van der Waals surface area contributed by atoms with Gasteiger partial charge in [0.05, 0.1) is 23.2 Å². The first-order chi connectivity index (χ1) is 17.8. The summed E-state index contributed by atoms with van der Waals surface area (Å²) >= 11 is 0. The monoisotopic (exact) mass is 504 g/mol. The summed E-state index contributed by atoms with van der Waals surface area (Å²) < 4.78 is 6.91. The van der Waals surface area contributed by atoms with Gasteiger partial charge in [-0.1, -0.05) is 42.4 Å². The average Bonchev–Trinajstić information content (AvgIpc) is 3.29. The largest absolute Gasteiger partial charge is 0.335 e. The third kappa shape index (κ3) is 5.26. The quantitative estimate of drug-likeness (QED) is 0.254. The summed E-state index contributed by atoms with van der Waals surface area (Å²) in [6.07, 6.45) is 0.963. The summed E-state index contributed by atoms with van der Waals surface area (Å²) in [7, 11) is 0. The van der Waals surface area contributed by atoms with Crippen LogP contribution in [0.1, 0.15) is 53.2 Å². The fourth-order valence-corrected chi connectivity index (χ4v) is 4.35. The van der Waals surface area contributed by atoms with E-state index >= 15 is 0 Å². The van der Waals surface area contributed by atoms with E-state index in [1.807, 2.05) is 37.3 Å². The van der Waals surface area contributed by atoms with Crippen molar-refractivity contribution in [1.29, 1.82) is 0 Å². The highest BCUT2D eigenvalue weighted by Crippen LogP contribution is 2.27. The third-order valence-electron chi connectivity index (χ3n) is 6.23. The molecule has 1 unspecified atom stereocenters. The molecule has 1 amide bonds. The van der Waals surface area contributed by atoms with E-state index in [0.717, 1.165) is 5.56 Å². The van der Waals surface area contributed by atoms with E-state index < -0.39 is 11.0 Å². The smallest absolute Gasteiger partial charge is 0.269 e. The van der Waals surface area contributed by atoms with Gasteiger partial charge in [0.2, 0.25) is 0 Å². The van der Waals surface area contributed by atoms with Gasteiger partial charge in [0.25, 0.3) is 22.9 Å². The molecule has 0 saturated heterocycles. The number of non-ortho nitro benzene ring substituents is 1. The lowest BCUT2D eigenvalue weighted by Gasteiger charge is -2.32. The number of hydrogen-bond donors (Lipinski definition) is 1. The molecule has 37 heavy (non-hydrogen) atoms. The number of fused-ring (bicyclic) bond motifs is 1. The van der Waals surface area contributed by atoms with Crippen LogP contribution in [0.25, 0.3) is 11.1 Å². The standard InChI is InChI=1S/C26H28N6O5/c1-3-21(30(15-7-14-27)25(33)19-10-12-20(13-11-19)32(35)36)23-28-24-22(17(2)29-37-24)26(34)31(23)16-18-8-5-4-6-9-18/h4-6,8-13,21H,3,7,14-16,27H2,1-2H3. The maximum absolute atomic E-state index is 13.7. The predicted molar refractivity (Wildman–Crippen MR) is 137 cm³/mol. The number of carbonyl (C=O) groups excluding carboxylic acids is 1. The van der Waals surface area contributed by atoms with Crippen LogP contribution in [0.4, 0.5) is 5.69 Å². The lowest BCUT2D eigenvalue weighted by atomic mass is 10.1. The minimum Gasteiger partial charge on any atom is -0.335 e. The molecular formula is C26H28N6O5. The molecule has 4 aromatic rings. The van der Waals surface area contributed by atoms with Crippen LogP contribution in [0.5, 0.6) is 0 Å². The van der Waals surface area contributed by atoms with Crippen LogP contribution in [0.15, 0.2) is 63.9 Å². The highest BCUT2D eigenvalue weighted by Gasteiger charge is 2.30. The summed E-state index contributed by atoms with van der Waals surface area (Å²) in [4.78, 5) is 44.2. The first kappa shape index (κ1) is 25.7. The van der Waals surface area contributed by atoms with Crippen molar-refractivity contribution >= 4 is 22.7 Å². The Morgan fingerprint density at radius 2 is 1.89 bits per heavy atom. The second kappa shape index (κ2) is 11.1. The molecule has 2 aromatic heterocycles. The van der Waals surface area contributed by atoms with Gasteiger partial charge in [-0.3, -0.25) is 24.3 Å². The summed E-state index contributed by atoms with van der Waals surface area (Å²) in [6.45, 7) is 4.49. The zero-order valence-corrected chi connectivity index (χ0v) is 20.7. The number of hydrogen-bond acceptors (Lipinski definition) is 8. The van der Waals surface area contributed by atoms with Crippen molar-refractivity contribution in [1.82, 2.24) is 19.6 Å². The van der Waals surface area contributed by atoms with Crippen molar-refractivity contribution < 1.29 is 14.2 Å². The summed E-state index contributed by atoms with van der Waals surface area (Å²) in [5.74, 6) is 0.0249. The molecule has 192 valence electrons. The number of aryl methyl sites for hydroxylation is 1. The number of nitrogens with zero attached hydrogens (tertiary/aromatic N) is 5. The molecule has 2 aromatic carbocycles. The maximum atomic E-state index is 13.7. The predicted octanol–water partition coefficient (Wildman–Crippen LogP) is 3.59. The zero-order valence-electron chi connectivity index (χ0n) is 20.7. The zero-order chi connectivity index (χ0) is 26.5. The van der Waals surface area contributed by atoms with Crippen molar-refractivity contribution in [3.05, 3.63) is 97.7 Å². The van der Waals surface area contributed by atoms with Gasteiger partial charge in [-0.25, -0.2) is 0 Å². The van der Waals surface area contributed by atoms with Gasteiger partial charge in [0.1, 0.15) is 11.2 Å². The fourth-order valence-electron chi connectivity index (χ4n) is 4.35. The number of rotatable bonds is 10. The van der Waals surface area contributed by atoms with E-state index in [2.05, 4.69) is 10.1 Å². The first-order valence-electron chi connectivity index (χ1n) is 12.0. The van der Waals surface area contributed by atoms with Gasteiger partial charge >= 0.3 is 0 Å². The van der Waals surface area contributed by atoms with Gasteiger partial charge < -0.3 is 15.2 Å². The van der Waals surface area contributed by atoms with Crippen LogP contribution in [0.2, 0.25) is 0 Å². The highest BCUT2D eigenvalue weighted by atomic mass is 16.6. The Balaban J connectivity index is 1.84. The summed E-state index contributed by atoms with van der Waals surface area (Å²) in [5, 5.41) is 15.3. The Morgan fingerprint density at radius 3 is 2.51 bits per heavy atom. The molecule has 2 N–H and O–H groups in total. The van der Waals surface area contributed by atoms with Crippen molar-refractivity contribution in [2.24, 2.45) is 5.73 Å². The number of nitro benzene ring substituents is 1. The van der Waals surface area contributed by atoms with E-state index in [-0.39, 0.29) is 35.0 Å². The topological polar surface area (TPSA) is 150 Å². The average molecular weight is 505 g/mol. The Kier molecular flexibility index (Phi) is 7.73. The second-order valence-electron chi connectivity index (χ2n) is 8.66. The van der Waals surface area contributed by atoms with Gasteiger partial charge in [0, 0.05) is 24.2 Å². The van der Waals surface area contributed by atoms with Crippen LogP contribution >= 0.6 is 0 Å². The molecule has 11 heteroatoms.